The number of hydrogen-bond acceptors (Lipinski definition) is 3. The molecule has 3 nitrogen and oxygen atoms in total. The Balaban J connectivity index is 1.68. The third-order valence-corrected chi connectivity index (χ3v) is 7.32. The van der Waals surface area contributed by atoms with E-state index in [2.05, 4.69) is 86.6 Å². The van der Waals surface area contributed by atoms with Gasteiger partial charge in [0.1, 0.15) is 0 Å². The maximum atomic E-state index is 6.22. The molecule has 0 atom stereocenters. The van der Waals surface area contributed by atoms with Gasteiger partial charge in [-0.25, -0.2) is 0 Å². The Hall–Kier alpha value is -1.65. The number of aromatic nitrogens is 1. The smallest absolute Gasteiger partial charge is 0.399 e. The lowest BCUT2D eigenvalue weighted by molar-refractivity contribution is 0.00578. The number of aryl methyl sites for hydroxylation is 1. The minimum atomic E-state index is -0.374. The van der Waals surface area contributed by atoms with Gasteiger partial charge in [-0.1, -0.05) is 39.8 Å². The summed E-state index contributed by atoms with van der Waals surface area (Å²) in [6.07, 6.45) is 3.10. The molecule has 1 aliphatic carbocycles. The van der Waals surface area contributed by atoms with Crippen LogP contribution in [0.4, 0.5) is 0 Å². The summed E-state index contributed by atoms with van der Waals surface area (Å²) >= 11 is 0. The molecular formula is C25H34BNO2. The Morgan fingerprint density at radius 3 is 2.00 bits per heavy atom. The van der Waals surface area contributed by atoms with E-state index in [9.17, 15) is 0 Å². The maximum Gasteiger partial charge on any atom is 0.496 e. The van der Waals surface area contributed by atoms with Crippen LogP contribution < -0.4 is 5.46 Å². The van der Waals surface area contributed by atoms with Gasteiger partial charge in [0, 0.05) is 17.2 Å². The number of hydrogen-bond donors (Lipinski definition) is 0. The maximum absolute atomic E-state index is 6.22. The summed E-state index contributed by atoms with van der Waals surface area (Å²) in [5, 5.41) is 0. The molecule has 2 aliphatic rings. The monoisotopic (exact) mass is 391 g/mol. The largest absolute Gasteiger partial charge is 0.496 e. The van der Waals surface area contributed by atoms with Crippen LogP contribution in [-0.2, 0) is 20.1 Å². The first kappa shape index (κ1) is 20.6. The minimum Gasteiger partial charge on any atom is -0.399 e. The predicted molar refractivity (Wildman–Crippen MR) is 121 cm³/mol. The van der Waals surface area contributed by atoms with Crippen LogP contribution in [0.2, 0.25) is 0 Å². The first-order valence-corrected chi connectivity index (χ1v) is 10.7. The summed E-state index contributed by atoms with van der Waals surface area (Å²) in [6, 6.07) is 9.03. The zero-order valence-electron chi connectivity index (χ0n) is 19.4. The average Bonchev–Trinajstić information content (AvgIpc) is 2.91. The van der Waals surface area contributed by atoms with E-state index in [4.69, 9.17) is 14.3 Å². The van der Waals surface area contributed by atoms with Crippen molar-refractivity contribution in [1.29, 1.82) is 0 Å². The van der Waals surface area contributed by atoms with Crippen molar-refractivity contribution < 1.29 is 9.31 Å². The molecular weight excluding hydrogens is 357 g/mol. The molecule has 1 aromatic heterocycles. The second kappa shape index (κ2) is 6.18. The zero-order chi connectivity index (χ0) is 21.4. The topological polar surface area (TPSA) is 31.4 Å². The van der Waals surface area contributed by atoms with Crippen LogP contribution in [0.5, 0.6) is 0 Å². The van der Waals surface area contributed by atoms with Crippen LogP contribution in [0.25, 0.3) is 11.3 Å². The Morgan fingerprint density at radius 1 is 0.828 bits per heavy atom. The van der Waals surface area contributed by atoms with E-state index in [0.29, 0.717) is 0 Å². The van der Waals surface area contributed by atoms with Gasteiger partial charge in [0.25, 0.3) is 0 Å². The van der Waals surface area contributed by atoms with Gasteiger partial charge in [0.15, 0.2) is 0 Å². The van der Waals surface area contributed by atoms with E-state index in [0.717, 1.165) is 16.7 Å². The lowest BCUT2D eigenvalue weighted by Crippen LogP contribution is -2.41. The molecule has 4 heteroatoms. The molecule has 4 rings (SSSR count). The molecule has 1 fully saturated rings. The third-order valence-electron chi connectivity index (χ3n) is 7.32. The fraction of sp³-hybridized carbons (Fsp3) is 0.560. The van der Waals surface area contributed by atoms with Gasteiger partial charge >= 0.3 is 7.12 Å². The molecule has 2 heterocycles. The summed E-state index contributed by atoms with van der Waals surface area (Å²) in [5.41, 5.74) is 6.98. The molecule has 0 amide bonds. The van der Waals surface area contributed by atoms with E-state index in [-0.39, 0.29) is 29.2 Å². The first-order chi connectivity index (χ1) is 13.2. The Morgan fingerprint density at radius 2 is 1.41 bits per heavy atom. The van der Waals surface area contributed by atoms with Crippen LogP contribution in [0.3, 0.4) is 0 Å². The van der Waals surface area contributed by atoms with Gasteiger partial charge in [0.2, 0.25) is 0 Å². The van der Waals surface area contributed by atoms with Crippen LogP contribution in [0.15, 0.2) is 30.5 Å². The Bertz CT molecular complexity index is 959. The highest BCUT2D eigenvalue weighted by Crippen LogP contribution is 2.50. The number of benzene rings is 1. The number of rotatable bonds is 2. The van der Waals surface area contributed by atoms with Crippen molar-refractivity contribution in [1.82, 2.24) is 4.98 Å². The van der Waals surface area contributed by atoms with Gasteiger partial charge in [-0.2, -0.15) is 0 Å². The second-order valence-corrected chi connectivity index (χ2v) is 11.2. The van der Waals surface area contributed by atoms with Crippen molar-refractivity contribution in [2.45, 2.75) is 90.8 Å². The Kier molecular flexibility index (Phi) is 4.40. The van der Waals surface area contributed by atoms with Gasteiger partial charge in [-0.3, -0.25) is 4.98 Å². The van der Waals surface area contributed by atoms with Crippen LogP contribution in [0.1, 0.15) is 78.5 Å². The summed E-state index contributed by atoms with van der Waals surface area (Å²) in [6.45, 7) is 19.8. The summed E-state index contributed by atoms with van der Waals surface area (Å²) in [7, 11) is -0.374. The van der Waals surface area contributed by atoms with Gasteiger partial charge in [0.05, 0.1) is 16.9 Å². The van der Waals surface area contributed by atoms with E-state index in [1.807, 2.05) is 6.20 Å². The lowest BCUT2D eigenvalue weighted by atomic mass is 9.77. The minimum absolute atomic E-state index is 0.187. The van der Waals surface area contributed by atoms with Crippen molar-refractivity contribution in [2.75, 3.05) is 0 Å². The van der Waals surface area contributed by atoms with Crippen LogP contribution in [-0.4, -0.2) is 23.3 Å². The van der Waals surface area contributed by atoms with Gasteiger partial charge < -0.3 is 9.31 Å². The molecule has 0 N–H and O–H groups in total. The van der Waals surface area contributed by atoms with E-state index in [1.54, 1.807) is 0 Å². The van der Waals surface area contributed by atoms with Crippen molar-refractivity contribution >= 4 is 12.6 Å². The van der Waals surface area contributed by atoms with Crippen molar-refractivity contribution in [3.63, 3.8) is 0 Å². The zero-order valence-corrected chi connectivity index (χ0v) is 19.4. The Labute approximate surface area is 176 Å². The molecule has 0 unspecified atom stereocenters. The number of pyridine rings is 1. The summed E-state index contributed by atoms with van der Waals surface area (Å²) in [4.78, 5) is 4.80. The average molecular weight is 391 g/mol. The number of fused-ring (bicyclic) bond motifs is 1. The molecule has 0 bridgehead atoms. The van der Waals surface area contributed by atoms with E-state index < -0.39 is 0 Å². The van der Waals surface area contributed by atoms with Crippen LogP contribution >= 0.6 is 0 Å². The molecule has 0 saturated carbocycles. The third kappa shape index (κ3) is 3.25. The molecule has 154 valence electrons. The normalized spacial score (nSPS) is 23.3. The van der Waals surface area contributed by atoms with Crippen LogP contribution in [0, 0.1) is 6.92 Å². The van der Waals surface area contributed by atoms with Crippen molar-refractivity contribution in [3.05, 3.63) is 47.2 Å². The van der Waals surface area contributed by atoms with Gasteiger partial charge in [-0.05, 0) is 80.7 Å². The molecule has 0 radical (unpaired) electrons. The molecule has 1 saturated heterocycles. The van der Waals surface area contributed by atoms with E-state index in [1.165, 1.54) is 23.1 Å². The summed E-state index contributed by atoms with van der Waals surface area (Å²) in [5.74, 6) is 0. The summed E-state index contributed by atoms with van der Waals surface area (Å²) < 4.78 is 12.4. The van der Waals surface area contributed by atoms with E-state index >= 15 is 0 Å². The van der Waals surface area contributed by atoms with Gasteiger partial charge in [-0.15, -0.1) is 0 Å². The fourth-order valence-electron chi connectivity index (χ4n) is 5.09. The highest BCUT2D eigenvalue weighted by atomic mass is 16.7. The van der Waals surface area contributed by atoms with Crippen molar-refractivity contribution in [3.8, 4) is 11.3 Å². The quantitative estimate of drug-likeness (QED) is 0.650. The fourth-order valence-corrected chi connectivity index (χ4v) is 5.09. The molecule has 2 aromatic rings. The molecule has 1 aliphatic heterocycles. The first-order valence-electron chi connectivity index (χ1n) is 10.7. The second-order valence-electron chi connectivity index (χ2n) is 11.2. The predicted octanol–water partition coefficient (Wildman–Crippen LogP) is 5.32. The SMILES string of the molecule is Cc1cc(-c2ccc3c(c2)C(C)(C)CC3(C)C)ncc1B1OC(C)(C)C(C)(C)O1. The number of nitrogens with zero attached hydrogens (tertiary/aromatic N) is 1. The lowest BCUT2D eigenvalue weighted by Gasteiger charge is -2.32. The molecule has 1 aromatic carbocycles. The molecule has 0 spiro atoms. The highest BCUT2D eigenvalue weighted by molar-refractivity contribution is 6.62. The molecule has 29 heavy (non-hydrogen) atoms. The van der Waals surface area contributed by atoms with Crippen molar-refractivity contribution in [2.24, 2.45) is 0 Å². The highest BCUT2D eigenvalue weighted by Gasteiger charge is 2.52. The standard InChI is InChI=1S/C25H34BNO2/c1-16-12-21(27-14-20(16)26-28-24(6,7)25(8,9)29-26)17-10-11-18-19(13-17)23(4,5)15-22(18,2)3/h10-14H,15H2,1-9H3.